The van der Waals surface area contributed by atoms with E-state index in [9.17, 15) is 4.79 Å². The molecule has 1 aromatic rings. The highest BCUT2D eigenvalue weighted by atomic mass is 35.5. The minimum absolute atomic E-state index is 0. The fourth-order valence-electron chi connectivity index (χ4n) is 2.81. The highest BCUT2D eigenvalue weighted by Gasteiger charge is 2.11. The molecule has 1 fully saturated rings. The Kier molecular flexibility index (Phi) is 11.1. The molecule has 1 aromatic carbocycles. The van der Waals surface area contributed by atoms with Crippen molar-refractivity contribution in [3.63, 3.8) is 0 Å². The van der Waals surface area contributed by atoms with Crippen LogP contribution in [0.4, 0.5) is 10.5 Å². The zero-order valence-corrected chi connectivity index (χ0v) is 16.0. The highest BCUT2D eigenvalue weighted by molar-refractivity contribution is 5.85. The highest BCUT2D eigenvalue weighted by Crippen LogP contribution is 2.18. The van der Waals surface area contributed by atoms with Gasteiger partial charge in [0.25, 0.3) is 0 Å². The van der Waals surface area contributed by atoms with E-state index >= 15 is 0 Å². The summed E-state index contributed by atoms with van der Waals surface area (Å²) in [6, 6.07) is 7.44. The molecule has 142 valence electrons. The van der Waals surface area contributed by atoms with Gasteiger partial charge >= 0.3 is 6.09 Å². The number of unbranched alkanes of at least 4 members (excludes halogenated alkanes) is 2. The summed E-state index contributed by atoms with van der Waals surface area (Å²) in [7, 11) is 0. The average molecular weight is 371 g/mol. The van der Waals surface area contributed by atoms with Crippen molar-refractivity contribution >= 4 is 24.2 Å². The Bertz CT molecular complexity index is 493. The molecule has 1 N–H and O–H groups in total. The molecular formula is C19H31ClN2O3. The molecule has 1 saturated heterocycles. The molecule has 0 atom stereocenters. The van der Waals surface area contributed by atoms with Crippen molar-refractivity contribution in [1.82, 2.24) is 4.90 Å². The lowest BCUT2D eigenvalue weighted by atomic mass is 10.1. The predicted molar refractivity (Wildman–Crippen MR) is 104 cm³/mol. The van der Waals surface area contributed by atoms with Crippen LogP contribution in [0, 0.1) is 0 Å². The maximum atomic E-state index is 11.9. The summed E-state index contributed by atoms with van der Waals surface area (Å²) in [6.07, 6.45) is 6.79. The molecule has 0 aliphatic carbocycles. The Morgan fingerprint density at radius 1 is 1.16 bits per heavy atom. The van der Waals surface area contributed by atoms with Crippen molar-refractivity contribution in [2.24, 2.45) is 0 Å². The Balaban J connectivity index is 0.00000312. The van der Waals surface area contributed by atoms with E-state index in [4.69, 9.17) is 9.47 Å². The number of ether oxygens (including phenoxy) is 2. The van der Waals surface area contributed by atoms with Crippen LogP contribution in [0.15, 0.2) is 24.3 Å². The molecule has 1 aliphatic heterocycles. The van der Waals surface area contributed by atoms with E-state index in [2.05, 4.69) is 17.1 Å². The number of carbonyl (C=O) groups is 1. The van der Waals surface area contributed by atoms with Crippen LogP contribution in [0.3, 0.4) is 0 Å². The van der Waals surface area contributed by atoms with Crippen LogP contribution < -0.4 is 10.1 Å². The Morgan fingerprint density at radius 3 is 2.72 bits per heavy atom. The van der Waals surface area contributed by atoms with Crippen LogP contribution in [-0.4, -0.2) is 43.8 Å². The van der Waals surface area contributed by atoms with Crippen LogP contribution in [-0.2, 0) is 4.74 Å². The number of anilines is 1. The van der Waals surface area contributed by atoms with Crippen molar-refractivity contribution < 1.29 is 14.3 Å². The number of benzene rings is 1. The molecule has 1 amide bonds. The molecule has 0 saturated carbocycles. The van der Waals surface area contributed by atoms with Crippen molar-refractivity contribution in [3.8, 4) is 5.75 Å². The molecule has 0 aromatic heterocycles. The molecule has 1 aliphatic rings. The lowest BCUT2D eigenvalue weighted by Crippen LogP contribution is -2.33. The molecule has 0 bridgehead atoms. The minimum atomic E-state index is -0.407. The van der Waals surface area contributed by atoms with Gasteiger partial charge in [-0.3, -0.25) is 10.2 Å². The summed E-state index contributed by atoms with van der Waals surface area (Å²) < 4.78 is 11.0. The number of nitrogens with one attached hydrogen (secondary N) is 1. The zero-order valence-electron chi connectivity index (χ0n) is 15.2. The Hall–Kier alpha value is -1.46. The largest absolute Gasteiger partial charge is 0.494 e. The number of hydrogen-bond donors (Lipinski definition) is 1. The van der Waals surface area contributed by atoms with Gasteiger partial charge in [0.15, 0.2) is 0 Å². The summed E-state index contributed by atoms with van der Waals surface area (Å²) in [5.41, 5.74) is 0.700. The molecule has 25 heavy (non-hydrogen) atoms. The molecule has 0 radical (unpaired) electrons. The van der Waals surface area contributed by atoms with Gasteiger partial charge in [-0.05, 0) is 44.5 Å². The van der Waals surface area contributed by atoms with Crippen molar-refractivity contribution in [1.29, 1.82) is 0 Å². The van der Waals surface area contributed by atoms with Crippen LogP contribution in [0.25, 0.3) is 0 Å². The SMILES string of the molecule is CCCCCOc1cccc(NC(=O)OCCN2CCCCC2)c1.Cl. The summed E-state index contributed by atoms with van der Waals surface area (Å²) in [5, 5.41) is 2.76. The number of halogens is 1. The molecule has 0 unspecified atom stereocenters. The van der Waals surface area contributed by atoms with Crippen molar-refractivity contribution in [2.75, 3.05) is 38.2 Å². The molecule has 1 heterocycles. The number of piperidine rings is 1. The summed E-state index contributed by atoms with van der Waals surface area (Å²) in [5.74, 6) is 0.775. The van der Waals surface area contributed by atoms with E-state index in [-0.39, 0.29) is 12.4 Å². The first-order valence-electron chi connectivity index (χ1n) is 9.17. The van der Waals surface area contributed by atoms with Gasteiger partial charge in [-0.2, -0.15) is 0 Å². The average Bonchev–Trinajstić information content (AvgIpc) is 2.60. The zero-order chi connectivity index (χ0) is 17.0. The molecule has 0 spiro atoms. The van der Waals surface area contributed by atoms with Crippen LogP contribution in [0.1, 0.15) is 45.4 Å². The van der Waals surface area contributed by atoms with Crippen LogP contribution in [0.5, 0.6) is 5.75 Å². The first kappa shape index (κ1) is 21.6. The Morgan fingerprint density at radius 2 is 1.96 bits per heavy atom. The first-order valence-corrected chi connectivity index (χ1v) is 9.17. The van der Waals surface area contributed by atoms with Gasteiger partial charge in [-0.25, -0.2) is 4.79 Å². The smallest absolute Gasteiger partial charge is 0.411 e. The number of likely N-dealkylation sites (tertiary alicyclic amines) is 1. The van der Waals surface area contributed by atoms with Gasteiger partial charge in [-0.15, -0.1) is 12.4 Å². The van der Waals surface area contributed by atoms with Gasteiger partial charge in [-0.1, -0.05) is 32.3 Å². The number of nitrogens with zero attached hydrogens (tertiary/aromatic N) is 1. The second-order valence-corrected chi connectivity index (χ2v) is 6.25. The van der Waals surface area contributed by atoms with E-state index in [1.807, 2.05) is 24.3 Å². The van der Waals surface area contributed by atoms with Crippen LogP contribution in [0.2, 0.25) is 0 Å². The maximum Gasteiger partial charge on any atom is 0.411 e. The summed E-state index contributed by atoms with van der Waals surface area (Å²) >= 11 is 0. The molecule has 2 rings (SSSR count). The van der Waals surface area contributed by atoms with Crippen molar-refractivity contribution in [3.05, 3.63) is 24.3 Å². The van der Waals surface area contributed by atoms with Gasteiger partial charge < -0.3 is 9.47 Å². The van der Waals surface area contributed by atoms with Crippen LogP contribution >= 0.6 is 12.4 Å². The first-order chi connectivity index (χ1) is 11.8. The standard InChI is InChI=1S/C19H30N2O3.ClH/c1-2-3-7-14-23-18-10-8-9-17(16-18)20-19(22)24-15-13-21-11-5-4-6-12-21;/h8-10,16H,2-7,11-15H2,1H3,(H,20,22);1H. The second-order valence-electron chi connectivity index (χ2n) is 6.25. The minimum Gasteiger partial charge on any atom is -0.494 e. The molecule has 5 nitrogen and oxygen atoms in total. The monoisotopic (exact) mass is 370 g/mol. The van der Waals surface area contributed by atoms with Gasteiger partial charge in [0.1, 0.15) is 12.4 Å². The van der Waals surface area contributed by atoms with Gasteiger partial charge in [0, 0.05) is 18.3 Å². The quantitative estimate of drug-likeness (QED) is 0.639. The lowest BCUT2D eigenvalue weighted by molar-refractivity contribution is 0.131. The van der Waals surface area contributed by atoms with E-state index in [0.29, 0.717) is 18.9 Å². The number of rotatable bonds is 9. The fraction of sp³-hybridized carbons (Fsp3) is 0.632. The summed E-state index contributed by atoms with van der Waals surface area (Å²) in [6.45, 7) is 6.34. The van der Waals surface area contributed by atoms with E-state index in [1.54, 1.807) is 0 Å². The van der Waals surface area contributed by atoms with E-state index < -0.39 is 6.09 Å². The third kappa shape index (κ3) is 8.98. The fourth-order valence-corrected chi connectivity index (χ4v) is 2.81. The maximum absolute atomic E-state index is 11.9. The predicted octanol–water partition coefficient (Wildman–Crippen LogP) is 4.71. The van der Waals surface area contributed by atoms with Crippen molar-refractivity contribution in [2.45, 2.75) is 45.4 Å². The number of amides is 1. The number of hydrogen-bond acceptors (Lipinski definition) is 4. The summed E-state index contributed by atoms with van der Waals surface area (Å²) in [4.78, 5) is 14.2. The third-order valence-corrected chi connectivity index (χ3v) is 4.19. The number of carbonyl (C=O) groups excluding carboxylic acids is 1. The molecular weight excluding hydrogens is 340 g/mol. The second kappa shape index (κ2) is 12.8. The van der Waals surface area contributed by atoms with Gasteiger partial charge in [0.05, 0.1) is 6.61 Å². The van der Waals surface area contributed by atoms with E-state index in [0.717, 1.165) is 31.8 Å². The topological polar surface area (TPSA) is 50.8 Å². The third-order valence-electron chi connectivity index (χ3n) is 4.19. The molecule has 6 heteroatoms. The van der Waals surface area contributed by atoms with E-state index in [1.165, 1.54) is 32.1 Å². The normalized spacial score (nSPS) is 14.4. The van der Waals surface area contributed by atoms with Gasteiger partial charge in [0.2, 0.25) is 0 Å². The lowest BCUT2D eigenvalue weighted by Gasteiger charge is -2.25. The Labute approximate surface area is 157 Å².